The molecule has 0 unspecified atom stereocenters. The van der Waals surface area contributed by atoms with Crippen molar-refractivity contribution in [2.24, 2.45) is 0 Å². The Balaban J connectivity index is 1.73. The molecule has 10 nitrogen and oxygen atoms in total. The summed E-state index contributed by atoms with van der Waals surface area (Å²) in [5, 5.41) is 12.7. The highest BCUT2D eigenvalue weighted by atomic mass is 32.2. The summed E-state index contributed by atoms with van der Waals surface area (Å²) in [5.74, 6) is -0.318. The normalized spacial score (nSPS) is 11.8. The van der Waals surface area contributed by atoms with Gasteiger partial charge in [-0.05, 0) is 56.4 Å². The SMILES string of the molecule is CCOC(=O)[C@H](CCSC)NC(=O)c1cnc(-c2cccc(-c3cc(C(=O)NC(CC)CC)[nH]n3)c2)o1. The number of amides is 2. The number of nitrogens with zero attached hydrogens (tertiary/aromatic N) is 2. The molecule has 0 bridgehead atoms. The highest BCUT2D eigenvalue weighted by Crippen LogP contribution is 2.26. The van der Waals surface area contributed by atoms with Gasteiger partial charge in [-0.25, -0.2) is 9.78 Å². The average Bonchev–Trinajstić information content (AvgIpc) is 3.60. The van der Waals surface area contributed by atoms with Gasteiger partial charge in [0.1, 0.15) is 11.7 Å². The van der Waals surface area contributed by atoms with E-state index in [4.69, 9.17) is 9.15 Å². The van der Waals surface area contributed by atoms with E-state index in [-0.39, 0.29) is 30.2 Å². The van der Waals surface area contributed by atoms with Gasteiger partial charge in [-0.2, -0.15) is 16.9 Å². The van der Waals surface area contributed by atoms with Crippen molar-refractivity contribution in [3.8, 4) is 22.7 Å². The summed E-state index contributed by atoms with van der Waals surface area (Å²) in [5.41, 5.74) is 2.35. The van der Waals surface area contributed by atoms with E-state index in [2.05, 4.69) is 25.8 Å². The fraction of sp³-hybridized carbons (Fsp3) is 0.423. The van der Waals surface area contributed by atoms with Crippen LogP contribution in [-0.2, 0) is 9.53 Å². The third-order valence-electron chi connectivity index (χ3n) is 5.77. The van der Waals surface area contributed by atoms with Gasteiger partial charge in [-0.1, -0.05) is 26.0 Å². The van der Waals surface area contributed by atoms with Crippen LogP contribution in [0.25, 0.3) is 22.7 Å². The van der Waals surface area contributed by atoms with Crippen molar-refractivity contribution in [2.45, 2.75) is 52.1 Å². The van der Waals surface area contributed by atoms with Gasteiger partial charge < -0.3 is 19.8 Å². The number of ether oxygens (including phenoxy) is 1. The van der Waals surface area contributed by atoms with Crippen molar-refractivity contribution < 1.29 is 23.5 Å². The zero-order chi connectivity index (χ0) is 26.8. The Morgan fingerprint density at radius 1 is 1.08 bits per heavy atom. The summed E-state index contributed by atoms with van der Waals surface area (Å²) in [6.07, 6.45) is 5.39. The summed E-state index contributed by atoms with van der Waals surface area (Å²) in [6.45, 7) is 6.00. The molecular weight excluding hydrogens is 494 g/mol. The minimum atomic E-state index is -0.771. The number of thioether (sulfide) groups is 1. The van der Waals surface area contributed by atoms with Crippen LogP contribution in [0.1, 0.15) is 61.1 Å². The van der Waals surface area contributed by atoms with Gasteiger partial charge in [-0.3, -0.25) is 14.7 Å². The van der Waals surface area contributed by atoms with Gasteiger partial charge in [-0.15, -0.1) is 0 Å². The van der Waals surface area contributed by atoms with Crippen molar-refractivity contribution in [1.82, 2.24) is 25.8 Å². The summed E-state index contributed by atoms with van der Waals surface area (Å²) in [7, 11) is 0. The smallest absolute Gasteiger partial charge is 0.328 e. The zero-order valence-corrected chi connectivity index (χ0v) is 22.3. The largest absolute Gasteiger partial charge is 0.464 e. The number of hydrogen-bond donors (Lipinski definition) is 3. The molecule has 0 saturated heterocycles. The Morgan fingerprint density at radius 3 is 2.54 bits per heavy atom. The van der Waals surface area contributed by atoms with Gasteiger partial charge in [0.2, 0.25) is 11.7 Å². The van der Waals surface area contributed by atoms with Crippen molar-refractivity contribution in [3.05, 3.63) is 48.0 Å². The molecule has 11 heteroatoms. The van der Waals surface area contributed by atoms with Crippen LogP contribution in [0.15, 0.2) is 40.9 Å². The van der Waals surface area contributed by atoms with E-state index in [0.717, 1.165) is 18.4 Å². The van der Waals surface area contributed by atoms with E-state index in [0.29, 0.717) is 29.1 Å². The lowest BCUT2D eigenvalue weighted by Gasteiger charge is -2.15. The summed E-state index contributed by atoms with van der Waals surface area (Å²) < 4.78 is 10.8. The van der Waals surface area contributed by atoms with E-state index in [9.17, 15) is 14.4 Å². The molecule has 0 spiro atoms. The zero-order valence-electron chi connectivity index (χ0n) is 21.5. The third-order valence-corrected chi connectivity index (χ3v) is 6.41. The second kappa shape index (κ2) is 13.6. The third kappa shape index (κ3) is 7.45. The van der Waals surface area contributed by atoms with Crippen LogP contribution in [0.5, 0.6) is 0 Å². The van der Waals surface area contributed by atoms with Crippen molar-refractivity contribution in [1.29, 1.82) is 0 Å². The molecule has 0 saturated carbocycles. The van der Waals surface area contributed by atoms with Gasteiger partial charge in [0.05, 0.1) is 18.5 Å². The molecule has 37 heavy (non-hydrogen) atoms. The summed E-state index contributed by atoms with van der Waals surface area (Å²) in [6, 6.07) is 8.30. The fourth-order valence-electron chi connectivity index (χ4n) is 3.62. The van der Waals surface area contributed by atoms with Crippen LogP contribution in [-0.4, -0.2) is 63.7 Å². The Kier molecular flexibility index (Phi) is 10.3. The van der Waals surface area contributed by atoms with E-state index in [1.165, 1.54) is 6.20 Å². The van der Waals surface area contributed by atoms with Gasteiger partial charge >= 0.3 is 5.97 Å². The Morgan fingerprint density at radius 2 is 1.84 bits per heavy atom. The highest BCUT2D eigenvalue weighted by molar-refractivity contribution is 7.98. The number of hydrogen-bond acceptors (Lipinski definition) is 8. The molecule has 3 N–H and O–H groups in total. The van der Waals surface area contributed by atoms with Crippen molar-refractivity contribution >= 4 is 29.5 Å². The average molecular weight is 528 g/mol. The molecule has 0 aliphatic heterocycles. The molecule has 0 radical (unpaired) electrons. The number of esters is 1. The summed E-state index contributed by atoms with van der Waals surface area (Å²) >= 11 is 1.57. The lowest BCUT2D eigenvalue weighted by Crippen LogP contribution is -2.42. The molecule has 2 amide bonds. The number of H-pyrrole nitrogens is 1. The van der Waals surface area contributed by atoms with Crippen molar-refractivity contribution in [2.75, 3.05) is 18.6 Å². The lowest BCUT2D eigenvalue weighted by atomic mass is 10.1. The number of carbonyl (C=O) groups is 3. The Hall–Kier alpha value is -3.60. The second-order valence-corrected chi connectivity index (χ2v) is 9.31. The highest BCUT2D eigenvalue weighted by Gasteiger charge is 2.24. The maximum absolute atomic E-state index is 12.7. The number of carbonyl (C=O) groups excluding carboxylic acids is 3. The first kappa shape index (κ1) is 28.0. The number of benzene rings is 1. The Labute approximate surface area is 220 Å². The quantitative estimate of drug-likeness (QED) is 0.283. The predicted molar refractivity (Wildman–Crippen MR) is 142 cm³/mol. The number of oxazole rings is 1. The maximum Gasteiger partial charge on any atom is 0.328 e. The monoisotopic (exact) mass is 527 g/mol. The molecule has 1 aromatic carbocycles. The molecule has 2 aromatic heterocycles. The molecule has 2 heterocycles. The van der Waals surface area contributed by atoms with Crippen LogP contribution in [0.2, 0.25) is 0 Å². The van der Waals surface area contributed by atoms with E-state index < -0.39 is 17.9 Å². The van der Waals surface area contributed by atoms with Gasteiger partial charge in [0, 0.05) is 17.2 Å². The summed E-state index contributed by atoms with van der Waals surface area (Å²) in [4.78, 5) is 41.7. The van der Waals surface area contributed by atoms with E-state index >= 15 is 0 Å². The first-order chi connectivity index (χ1) is 17.9. The van der Waals surface area contributed by atoms with Crippen LogP contribution >= 0.6 is 11.8 Å². The maximum atomic E-state index is 12.7. The molecular formula is C26H33N5O5S. The molecule has 0 aliphatic carbocycles. The first-order valence-electron chi connectivity index (χ1n) is 12.3. The fourth-order valence-corrected chi connectivity index (χ4v) is 4.09. The molecule has 198 valence electrons. The predicted octanol–water partition coefficient (Wildman–Crippen LogP) is 4.06. The van der Waals surface area contributed by atoms with Crippen LogP contribution in [0, 0.1) is 0 Å². The Bertz CT molecular complexity index is 1200. The minimum Gasteiger partial charge on any atom is -0.464 e. The second-order valence-electron chi connectivity index (χ2n) is 8.32. The van der Waals surface area contributed by atoms with E-state index in [1.54, 1.807) is 30.8 Å². The molecule has 3 rings (SSSR count). The van der Waals surface area contributed by atoms with Gasteiger partial charge in [0.15, 0.2) is 0 Å². The van der Waals surface area contributed by atoms with E-state index in [1.807, 2.05) is 38.3 Å². The van der Waals surface area contributed by atoms with Crippen molar-refractivity contribution in [3.63, 3.8) is 0 Å². The lowest BCUT2D eigenvalue weighted by molar-refractivity contribution is -0.145. The number of rotatable bonds is 13. The number of aromatic nitrogens is 3. The molecule has 3 aromatic rings. The molecule has 0 fully saturated rings. The number of nitrogens with one attached hydrogen (secondary N) is 3. The minimum absolute atomic E-state index is 0.0148. The van der Waals surface area contributed by atoms with Crippen LogP contribution in [0.4, 0.5) is 0 Å². The topological polar surface area (TPSA) is 139 Å². The molecule has 0 aliphatic rings. The standard InChI is InChI=1S/C26H33N5O5S/c1-5-18(6-2)28-23(32)21-14-20(30-31-21)16-9-8-10-17(13-16)25-27-15-22(36-25)24(33)29-19(11-12-37-4)26(34)35-7-3/h8-10,13-15,18-19H,5-7,11-12H2,1-4H3,(H,28,32)(H,29,33)(H,30,31)/t19-/m0/s1. The van der Waals surface area contributed by atoms with Crippen LogP contribution in [0.3, 0.4) is 0 Å². The van der Waals surface area contributed by atoms with Crippen LogP contribution < -0.4 is 10.6 Å². The van der Waals surface area contributed by atoms with Gasteiger partial charge in [0.25, 0.3) is 11.8 Å². The molecule has 1 atom stereocenters. The number of aromatic amines is 1. The first-order valence-corrected chi connectivity index (χ1v) is 13.7.